The van der Waals surface area contributed by atoms with Crippen molar-refractivity contribution in [2.24, 2.45) is 5.92 Å². The topological polar surface area (TPSA) is 36.9 Å². The normalized spacial score (nSPS) is 20.1. The highest BCUT2D eigenvalue weighted by molar-refractivity contribution is 5.87. The molecule has 2 unspecified atom stereocenters. The summed E-state index contributed by atoms with van der Waals surface area (Å²) in [6.07, 6.45) is 8.28. The Labute approximate surface area is 178 Å². The molecule has 2 aromatic carbocycles. The van der Waals surface area contributed by atoms with E-state index in [2.05, 4.69) is 78.5 Å². The van der Waals surface area contributed by atoms with Crippen molar-refractivity contribution in [1.82, 2.24) is 19.7 Å². The van der Waals surface area contributed by atoms with Gasteiger partial charge in [0.05, 0.1) is 5.69 Å². The minimum Gasteiger partial charge on any atom is -0.361 e. The molecule has 0 aliphatic carbocycles. The van der Waals surface area contributed by atoms with Crippen molar-refractivity contribution in [2.75, 3.05) is 20.1 Å². The highest BCUT2D eigenvalue weighted by Crippen LogP contribution is 2.37. The molecule has 5 rings (SSSR count). The van der Waals surface area contributed by atoms with Crippen molar-refractivity contribution in [3.05, 3.63) is 83.3 Å². The number of benzene rings is 2. The van der Waals surface area contributed by atoms with Gasteiger partial charge < -0.3 is 9.88 Å². The van der Waals surface area contributed by atoms with Crippen molar-refractivity contribution < 1.29 is 0 Å². The van der Waals surface area contributed by atoms with Crippen LogP contribution in [-0.4, -0.2) is 39.8 Å². The first-order valence-corrected chi connectivity index (χ1v) is 10.9. The maximum atomic E-state index is 4.36. The molecule has 1 saturated heterocycles. The monoisotopic (exact) mass is 398 g/mol. The fourth-order valence-electron chi connectivity index (χ4n) is 5.26. The SMILES string of the molecule is Cc1cc(C)c2[nH]ccc2c1CC1CCN(C)CC1c1ccc(-n2cccn2)cc1. The number of nitrogens with one attached hydrogen (secondary N) is 1. The number of fused-ring (bicyclic) bond motifs is 1. The van der Waals surface area contributed by atoms with E-state index in [-0.39, 0.29) is 0 Å². The molecule has 1 aliphatic rings. The lowest BCUT2D eigenvalue weighted by molar-refractivity contribution is 0.188. The van der Waals surface area contributed by atoms with Crippen molar-refractivity contribution in [3.8, 4) is 5.69 Å². The lowest BCUT2D eigenvalue weighted by atomic mass is 9.76. The number of likely N-dealkylation sites (tertiary alicyclic amines) is 1. The number of H-pyrrole nitrogens is 1. The number of aromatic amines is 1. The van der Waals surface area contributed by atoms with Gasteiger partial charge in [-0.3, -0.25) is 0 Å². The molecule has 3 heterocycles. The molecule has 1 fully saturated rings. The number of piperidine rings is 1. The van der Waals surface area contributed by atoms with E-state index in [1.165, 1.54) is 46.1 Å². The Morgan fingerprint density at radius 2 is 1.93 bits per heavy atom. The molecule has 1 N–H and O–H groups in total. The summed E-state index contributed by atoms with van der Waals surface area (Å²) in [7, 11) is 2.25. The second kappa shape index (κ2) is 7.77. The average Bonchev–Trinajstić information content (AvgIpc) is 3.44. The predicted molar refractivity (Wildman–Crippen MR) is 123 cm³/mol. The van der Waals surface area contributed by atoms with Gasteiger partial charge in [0, 0.05) is 36.0 Å². The second-order valence-electron chi connectivity index (χ2n) is 8.92. The highest BCUT2D eigenvalue weighted by atomic mass is 15.3. The maximum Gasteiger partial charge on any atom is 0.0645 e. The molecule has 0 bridgehead atoms. The molecular formula is C26H30N4. The summed E-state index contributed by atoms with van der Waals surface area (Å²) in [6, 6.07) is 15.6. The first-order valence-electron chi connectivity index (χ1n) is 10.9. The van der Waals surface area contributed by atoms with E-state index in [0.29, 0.717) is 11.8 Å². The summed E-state index contributed by atoms with van der Waals surface area (Å²) >= 11 is 0. The van der Waals surface area contributed by atoms with Gasteiger partial charge in [0.25, 0.3) is 0 Å². The highest BCUT2D eigenvalue weighted by Gasteiger charge is 2.30. The van der Waals surface area contributed by atoms with Crippen LogP contribution in [0.25, 0.3) is 16.6 Å². The number of aryl methyl sites for hydroxylation is 2. The number of nitrogens with zero attached hydrogens (tertiary/aromatic N) is 3. The third-order valence-electron chi connectivity index (χ3n) is 6.89. The van der Waals surface area contributed by atoms with Crippen molar-refractivity contribution in [1.29, 1.82) is 0 Å². The first kappa shape index (κ1) is 19.1. The quantitative estimate of drug-likeness (QED) is 0.510. The Morgan fingerprint density at radius 1 is 1.10 bits per heavy atom. The second-order valence-corrected chi connectivity index (χ2v) is 8.92. The fraction of sp³-hybridized carbons (Fsp3) is 0.346. The number of likely N-dealkylation sites (N-methyl/N-ethyl adjacent to an activating group) is 1. The molecule has 4 aromatic rings. The van der Waals surface area contributed by atoms with Gasteiger partial charge in [-0.05, 0) is 98.6 Å². The third-order valence-corrected chi connectivity index (χ3v) is 6.89. The number of hydrogen-bond donors (Lipinski definition) is 1. The molecule has 30 heavy (non-hydrogen) atoms. The minimum absolute atomic E-state index is 0.546. The van der Waals surface area contributed by atoms with Crippen LogP contribution in [0.3, 0.4) is 0 Å². The first-order chi connectivity index (χ1) is 14.6. The van der Waals surface area contributed by atoms with Gasteiger partial charge in [0.15, 0.2) is 0 Å². The van der Waals surface area contributed by atoms with Gasteiger partial charge in [0.2, 0.25) is 0 Å². The van der Waals surface area contributed by atoms with Crippen molar-refractivity contribution >= 4 is 10.9 Å². The summed E-state index contributed by atoms with van der Waals surface area (Å²) in [5, 5.41) is 5.76. The van der Waals surface area contributed by atoms with Gasteiger partial charge >= 0.3 is 0 Å². The van der Waals surface area contributed by atoms with Gasteiger partial charge in [0.1, 0.15) is 0 Å². The van der Waals surface area contributed by atoms with Gasteiger partial charge in [-0.15, -0.1) is 0 Å². The summed E-state index contributed by atoms with van der Waals surface area (Å²) in [6.45, 7) is 6.77. The zero-order valence-electron chi connectivity index (χ0n) is 18.1. The average molecular weight is 399 g/mol. The maximum absolute atomic E-state index is 4.36. The molecule has 0 spiro atoms. The molecule has 2 atom stereocenters. The van der Waals surface area contributed by atoms with E-state index in [9.17, 15) is 0 Å². The zero-order chi connectivity index (χ0) is 20.7. The zero-order valence-corrected chi connectivity index (χ0v) is 18.1. The van der Waals surface area contributed by atoms with Crippen LogP contribution in [0.1, 0.15) is 34.6 Å². The van der Waals surface area contributed by atoms with Crippen molar-refractivity contribution in [2.45, 2.75) is 32.6 Å². The largest absolute Gasteiger partial charge is 0.361 e. The molecule has 4 heteroatoms. The Balaban J connectivity index is 1.46. The Bertz CT molecular complexity index is 1140. The van der Waals surface area contributed by atoms with E-state index in [1.807, 2.05) is 23.1 Å². The van der Waals surface area contributed by atoms with Crippen LogP contribution in [-0.2, 0) is 6.42 Å². The van der Waals surface area contributed by atoms with Gasteiger partial charge in [-0.25, -0.2) is 4.68 Å². The molecule has 2 aromatic heterocycles. The molecule has 154 valence electrons. The van der Waals surface area contributed by atoms with Crippen LogP contribution in [0.5, 0.6) is 0 Å². The van der Waals surface area contributed by atoms with Gasteiger partial charge in [-0.1, -0.05) is 18.2 Å². The number of rotatable bonds is 4. The number of hydrogen-bond acceptors (Lipinski definition) is 2. The van der Waals surface area contributed by atoms with Crippen LogP contribution in [0.15, 0.2) is 61.1 Å². The van der Waals surface area contributed by atoms with Crippen LogP contribution in [0.2, 0.25) is 0 Å². The van der Waals surface area contributed by atoms with Crippen LogP contribution >= 0.6 is 0 Å². The van der Waals surface area contributed by atoms with E-state index in [1.54, 1.807) is 0 Å². The minimum atomic E-state index is 0.546. The standard InChI is InChI=1S/C26H30N4/c1-18-15-19(2)26-23(9-12-27-26)24(18)16-21-10-14-29(3)17-25(21)20-5-7-22(8-6-20)30-13-4-11-28-30/h4-9,11-13,15,21,25,27H,10,14,16-17H2,1-3H3. The number of aromatic nitrogens is 3. The Hall–Kier alpha value is -2.85. The fourth-order valence-corrected chi connectivity index (χ4v) is 5.26. The lowest BCUT2D eigenvalue weighted by Crippen LogP contribution is -2.37. The smallest absolute Gasteiger partial charge is 0.0645 e. The molecule has 4 nitrogen and oxygen atoms in total. The van der Waals surface area contributed by atoms with E-state index < -0.39 is 0 Å². The van der Waals surface area contributed by atoms with Gasteiger partial charge in [-0.2, -0.15) is 5.10 Å². The van der Waals surface area contributed by atoms with Crippen molar-refractivity contribution in [3.63, 3.8) is 0 Å². The van der Waals surface area contributed by atoms with E-state index in [4.69, 9.17) is 0 Å². The summed E-state index contributed by atoms with van der Waals surface area (Å²) in [5.74, 6) is 1.20. The molecule has 1 aliphatic heterocycles. The lowest BCUT2D eigenvalue weighted by Gasteiger charge is -2.37. The van der Waals surface area contributed by atoms with Crippen LogP contribution in [0.4, 0.5) is 0 Å². The summed E-state index contributed by atoms with van der Waals surface area (Å²) < 4.78 is 1.92. The van der Waals surface area contributed by atoms with Crippen LogP contribution in [0, 0.1) is 19.8 Å². The third kappa shape index (κ3) is 3.46. The molecule has 0 radical (unpaired) electrons. The summed E-state index contributed by atoms with van der Waals surface area (Å²) in [4.78, 5) is 5.93. The Morgan fingerprint density at radius 3 is 2.70 bits per heavy atom. The predicted octanol–water partition coefficient (Wildman–Crippen LogP) is 5.25. The summed E-state index contributed by atoms with van der Waals surface area (Å²) in [5.41, 5.74) is 8.13. The van der Waals surface area contributed by atoms with E-state index in [0.717, 1.165) is 18.7 Å². The Kier molecular flexibility index (Phi) is 4.95. The molecule has 0 amide bonds. The van der Waals surface area contributed by atoms with E-state index >= 15 is 0 Å². The van der Waals surface area contributed by atoms with Crippen LogP contribution < -0.4 is 0 Å². The molecule has 0 saturated carbocycles. The molecular weight excluding hydrogens is 368 g/mol.